The summed E-state index contributed by atoms with van der Waals surface area (Å²) in [5, 5.41) is 11.4. The van der Waals surface area contributed by atoms with Gasteiger partial charge >= 0.3 is 5.63 Å². The number of hydrogen-bond acceptors (Lipinski definition) is 4. The first-order chi connectivity index (χ1) is 11.7. The second-order valence-corrected chi connectivity index (χ2v) is 5.67. The lowest BCUT2D eigenvalue weighted by atomic mass is 10.1. The van der Waals surface area contributed by atoms with Gasteiger partial charge in [0.25, 0.3) is 0 Å². The Morgan fingerprint density at radius 1 is 0.958 bits per heavy atom. The van der Waals surface area contributed by atoms with Crippen LogP contribution in [-0.2, 0) is 0 Å². The van der Waals surface area contributed by atoms with Crippen LogP contribution in [0.1, 0.15) is 0 Å². The fraction of sp³-hybridized carbons (Fsp3) is 0. The van der Waals surface area contributed by atoms with E-state index in [2.05, 4.69) is 0 Å². The molecule has 3 aromatic heterocycles. The van der Waals surface area contributed by atoms with E-state index in [4.69, 9.17) is 14.8 Å². The monoisotopic (exact) mass is 313 g/mol. The Morgan fingerprint density at radius 2 is 1.71 bits per heavy atom. The van der Waals surface area contributed by atoms with E-state index in [1.807, 2.05) is 48.5 Å². The molecule has 0 saturated heterocycles. The van der Waals surface area contributed by atoms with E-state index in [0.717, 1.165) is 16.2 Å². The second-order valence-electron chi connectivity index (χ2n) is 5.67. The maximum absolute atomic E-state index is 12.4. The summed E-state index contributed by atoms with van der Waals surface area (Å²) in [6, 6.07) is 17.1. The van der Waals surface area contributed by atoms with E-state index in [-0.39, 0.29) is 10.9 Å². The molecule has 0 atom stereocenters. The predicted octanol–water partition coefficient (Wildman–Crippen LogP) is 3.23. The Labute approximate surface area is 134 Å². The summed E-state index contributed by atoms with van der Waals surface area (Å²) < 4.78 is 6.98. The number of hydrogen-bond donors (Lipinski definition) is 1. The van der Waals surface area contributed by atoms with Gasteiger partial charge in [-0.2, -0.15) is 0 Å². The third-order valence-corrected chi connectivity index (χ3v) is 4.31. The van der Waals surface area contributed by atoms with Crippen molar-refractivity contribution in [2.45, 2.75) is 0 Å². The summed E-state index contributed by atoms with van der Waals surface area (Å²) in [5.74, 6) is 0. The fourth-order valence-corrected chi connectivity index (χ4v) is 3.18. The largest absolute Gasteiger partial charge is 0.422 e. The minimum atomic E-state index is -0.538. The zero-order chi connectivity index (χ0) is 16.3. The van der Waals surface area contributed by atoms with Crippen molar-refractivity contribution < 1.29 is 4.42 Å². The topological polar surface area (TPSA) is 71.4 Å². The molecule has 5 nitrogen and oxygen atoms in total. The second kappa shape index (κ2) is 4.52. The van der Waals surface area contributed by atoms with Crippen molar-refractivity contribution in [2.24, 2.45) is 0 Å². The first-order valence-electron chi connectivity index (χ1n) is 7.54. The van der Waals surface area contributed by atoms with Crippen molar-refractivity contribution in [3.8, 4) is 0 Å². The number of nitrogens with one attached hydrogen (secondary N) is 1. The summed E-state index contributed by atoms with van der Waals surface area (Å²) in [7, 11) is 0. The maximum Gasteiger partial charge on any atom is 0.349 e. The summed E-state index contributed by atoms with van der Waals surface area (Å²) in [5.41, 5.74) is 1.18. The van der Waals surface area contributed by atoms with Gasteiger partial charge < -0.3 is 4.42 Å². The Hall–Kier alpha value is -3.47. The van der Waals surface area contributed by atoms with Crippen LogP contribution in [0.2, 0.25) is 0 Å². The van der Waals surface area contributed by atoms with Crippen molar-refractivity contribution in [2.75, 3.05) is 0 Å². The Balaban J connectivity index is 2.17. The van der Waals surface area contributed by atoms with E-state index >= 15 is 0 Å². The smallest absolute Gasteiger partial charge is 0.349 e. The number of pyridine rings is 1. The number of aromatic nitrogens is 2. The molecule has 0 bridgehead atoms. The van der Waals surface area contributed by atoms with Gasteiger partial charge in [0.15, 0.2) is 0 Å². The normalized spacial score (nSPS) is 11.7. The molecule has 0 saturated carbocycles. The van der Waals surface area contributed by atoms with Gasteiger partial charge in [-0.1, -0.05) is 36.4 Å². The molecule has 5 rings (SSSR count). The molecule has 0 fully saturated rings. The molecular formula is C19H11N3O2. The van der Waals surface area contributed by atoms with Crippen molar-refractivity contribution in [3.05, 3.63) is 76.7 Å². The molecule has 5 aromatic rings. The highest BCUT2D eigenvalue weighted by Gasteiger charge is 2.13. The zero-order valence-corrected chi connectivity index (χ0v) is 12.5. The Kier molecular flexibility index (Phi) is 2.45. The Bertz CT molecular complexity index is 1400. The molecule has 0 aliphatic heterocycles. The maximum atomic E-state index is 12.4. The molecule has 114 valence electrons. The number of para-hydroxylation sites is 1. The average Bonchev–Trinajstić information content (AvgIpc) is 2.61. The van der Waals surface area contributed by atoms with Crippen LogP contribution in [0, 0.1) is 5.41 Å². The van der Waals surface area contributed by atoms with Crippen LogP contribution in [-0.4, -0.2) is 9.38 Å². The van der Waals surface area contributed by atoms with Crippen molar-refractivity contribution in [3.63, 3.8) is 0 Å². The first kappa shape index (κ1) is 13.0. The molecular weight excluding hydrogens is 302 g/mol. The van der Waals surface area contributed by atoms with Gasteiger partial charge in [-0.05, 0) is 23.6 Å². The zero-order valence-electron chi connectivity index (χ0n) is 12.5. The molecule has 0 unspecified atom stereocenters. The van der Waals surface area contributed by atoms with Gasteiger partial charge in [0.05, 0.1) is 5.52 Å². The summed E-state index contributed by atoms with van der Waals surface area (Å²) in [6.07, 6.45) is 1.76. The molecule has 24 heavy (non-hydrogen) atoms. The number of rotatable bonds is 0. The van der Waals surface area contributed by atoms with Crippen molar-refractivity contribution in [1.82, 2.24) is 9.38 Å². The van der Waals surface area contributed by atoms with E-state index in [1.54, 1.807) is 16.7 Å². The highest BCUT2D eigenvalue weighted by atomic mass is 16.4. The molecule has 0 aliphatic carbocycles. The van der Waals surface area contributed by atoms with Crippen molar-refractivity contribution in [1.29, 1.82) is 5.41 Å². The van der Waals surface area contributed by atoms with E-state index < -0.39 is 5.63 Å². The molecule has 0 spiro atoms. The van der Waals surface area contributed by atoms with Gasteiger partial charge in [0.2, 0.25) is 0 Å². The van der Waals surface area contributed by atoms with Gasteiger partial charge in [0, 0.05) is 17.0 Å². The van der Waals surface area contributed by atoms with Crippen LogP contribution in [0.4, 0.5) is 0 Å². The van der Waals surface area contributed by atoms with Gasteiger partial charge in [-0.15, -0.1) is 0 Å². The third kappa shape index (κ3) is 1.61. The lowest BCUT2D eigenvalue weighted by molar-refractivity contribution is 0.568. The third-order valence-electron chi connectivity index (χ3n) is 4.31. The average molecular weight is 313 g/mol. The van der Waals surface area contributed by atoms with Crippen LogP contribution in [0.5, 0.6) is 0 Å². The van der Waals surface area contributed by atoms with Crippen LogP contribution in [0.15, 0.2) is 70.0 Å². The molecule has 5 heteroatoms. The quantitative estimate of drug-likeness (QED) is 0.271. The van der Waals surface area contributed by atoms with Crippen molar-refractivity contribution >= 4 is 38.3 Å². The van der Waals surface area contributed by atoms with Gasteiger partial charge in [-0.3, -0.25) is 9.81 Å². The lowest BCUT2D eigenvalue weighted by Gasteiger charge is -2.08. The predicted molar refractivity (Wildman–Crippen MR) is 92.1 cm³/mol. The van der Waals surface area contributed by atoms with Crippen LogP contribution in [0.25, 0.3) is 38.3 Å². The highest BCUT2D eigenvalue weighted by Crippen LogP contribution is 2.22. The minimum absolute atomic E-state index is 0.0836. The summed E-state index contributed by atoms with van der Waals surface area (Å²) in [6.45, 7) is 0. The van der Waals surface area contributed by atoms with Gasteiger partial charge in [-0.25, -0.2) is 9.78 Å². The number of fused-ring (bicyclic) bond motifs is 6. The van der Waals surface area contributed by atoms with E-state index in [1.165, 1.54) is 0 Å². The minimum Gasteiger partial charge on any atom is -0.422 e. The molecule has 0 radical (unpaired) electrons. The standard InChI is InChI=1S/C19H11N3O2/c20-17-15-16(13-7-3-4-8-14(13)24-19(15)23)21-18-12-6-2-1-5-11(12)9-10-22(17)18/h1-10,20H. The van der Waals surface area contributed by atoms with E-state index in [9.17, 15) is 4.79 Å². The Morgan fingerprint density at radius 3 is 2.58 bits per heavy atom. The highest BCUT2D eigenvalue weighted by molar-refractivity contribution is 6.04. The van der Waals surface area contributed by atoms with Crippen LogP contribution < -0.4 is 11.1 Å². The summed E-state index contributed by atoms with van der Waals surface area (Å²) in [4.78, 5) is 17.1. The molecule has 0 aliphatic rings. The number of nitrogens with zero attached hydrogens (tertiary/aromatic N) is 2. The summed E-state index contributed by atoms with van der Waals surface area (Å²) >= 11 is 0. The lowest BCUT2D eigenvalue weighted by Crippen LogP contribution is -2.21. The fourth-order valence-electron chi connectivity index (χ4n) is 3.18. The molecule has 3 heterocycles. The van der Waals surface area contributed by atoms with E-state index in [0.29, 0.717) is 16.7 Å². The SMILES string of the molecule is N=c1c2c(=O)oc3ccccc3c2nc2c3ccccc3ccn12. The molecule has 1 N–H and O–H groups in total. The van der Waals surface area contributed by atoms with Gasteiger partial charge in [0.1, 0.15) is 22.1 Å². The number of benzene rings is 2. The first-order valence-corrected chi connectivity index (χ1v) is 7.54. The van der Waals surface area contributed by atoms with Crippen LogP contribution in [0.3, 0.4) is 0 Å². The molecule has 2 aromatic carbocycles. The molecule has 0 amide bonds. The van der Waals surface area contributed by atoms with Crippen LogP contribution >= 0.6 is 0 Å².